The zero-order valence-electron chi connectivity index (χ0n) is 16.2. The molecule has 1 N–H and O–H groups in total. The summed E-state index contributed by atoms with van der Waals surface area (Å²) in [6.07, 6.45) is 7.45. The zero-order valence-corrected chi connectivity index (χ0v) is 17.8. The second-order valence-corrected chi connectivity index (χ2v) is 10.1. The van der Waals surface area contributed by atoms with Gasteiger partial charge >= 0.3 is 0 Å². The van der Waals surface area contributed by atoms with E-state index < -0.39 is 10.0 Å². The highest BCUT2D eigenvalue weighted by atomic mass is 35.5. The van der Waals surface area contributed by atoms with E-state index in [0.29, 0.717) is 29.2 Å². The fraction of sp³-hybridized carbons (Fsp3) is 0.409. The number of nitrogens with zero attached hydrogens (tertiary/aromatic N) is 1. The van der Waals surface area contributed by atoms with Crippen LogP contribution < -0.4 is 9.62 Å². The van der Waals surface area contributed by atoms with Gasteiger partial charge < -0.3 is 5.32 Å². The Hall–Kier alpha value is -2.05. The Balaban J connectivity index is 1.53. The van der Waals surface area contributed by atoms with Gasteiger partial charge in [-0.2, -0.15) is 0 Å². The summed E-state index contributed by atoms with van der Waals surface area (Å²) in [6, 6.07) is 11.7. The molecule has 154 valence electrons. The number of amides is 1. The maximum absolute atomic E-state index is 13.0. The van der Waals surface area contributed by atoms with Gasteiger partial charge in [-0.15, -0.1) is 0 Å². The molecule has 1 aliphatic carbocycles. The Morgan fingerprint density at radius 2 is 1.69 bits per heavy atom. The summed E-state index contributed by atoms with van der Waals surface area (Å²) < 4.78 is 27.5. The third kappa shape index (κ3) is 4.28. The predicted octanol–water partition coefficient (Wildman–Crippen LogP) is 4.54. The lowest BCUT2D eigenvalue weighted by atomic mass is 10.1. The van der Waals surface area contributed by atoms with Crippen molar-refractivity contribution in [2.45, 2.75) is 55.9 Å². The van der Waals surface area contributed by atoms with Gasteiger partial charge in [0.1, 0.15) is 0 Å². The molecule has 0 saturated heterocycles. The van der Waals surface area contributed by atoms with Crippen LogP contribution in [0, 0.1) is 0 Å². The highest BCUT2D eigenvalue weighted by Crippen LogP contribution is 2.34. The second kappa shape index (κ2) is 8.36. The van der Waals surface area contributed by atoms with Crippen molar-refractivity contribution < 1.29 is 13.2 Å². The molecule has 29 heavy (non-hydrogen) atoms. The van der Waals surface area contributed by atoms with Crippen molar-refractivity contribution >= 4 is 33.2 Å². The summed E-state index contributed by atoms with van der Waals surface area (Å²) in [4.78, 5) is 12.9. The third-order valence-electron chi connectivity index (χ3n) is 5.79. The van der Waals surface area contributed by atoms with Gasteiger partial charge in [-0.1, -0.05) is 37.3 Å². The maximum Gasteiger partial charge on any atom is 0.264 e. The SMILES string of the molecule is O=C(NC1CCCCCC1)c1ccc2c(c1)CCN2S(=O)(=O)c1ccc(Cl)cc1. The van der Waals surface area contributed by atoms with Gasteiger partial charge in [0.25, 0.3) is 15.9 Å². The summed E-state index contributed by atoms with van der Waals surface area (Å²) in [6.45, 7) is 0.369. The number of fused-ring (bicyclic) bond motifs is 1. The molecule has 2 aliphatic rings. The molecule has 0 spiro atoms. The molecule has 0 aromatic heterocycles. The highest BCUT2D eigenvalue weighted by Gasteiger charge is 2.31. The van der Waals surface area contributed by atoms with E-state index >= 15 is 0 Å². The first-order valence-electron chi connectivity index (χ1n) is 10.2. The van der Waals surface area contributed by atoms with Gasteiger partial charge in [0.2, 0.25) is 0 Å². The fourth-order valence-corrected chi connectivity index (χ4v) is 5.82. The number of sulfonamides is 1. The second-order valence-electron chi connectivity index (χ2n) is 7.79. The van der Waals surface area contributed by atoms with Gasteiger partial charge in [0, 0.05) is 23.2 Å². The van der Waals surface area contributed by atoms with Crippen LogP contribution in [0.4, 0.5) is 5.69 Å². The molecule has 4 rings (SSSR count). The molecular formula is C22H25ClN2O3S. The highest BCUT2D eigenvalue weighted by molar-refractivity contribution is 7.92. The zero-order chi connectivity index (χ0) is 20.4. The van der Waals surface area contributed by atoms with Crippen molar-refractivity contribution in [3.05, 3.63) is 58.6 Å². The summed E-state index contributed by atoms with van der Waals surface area (Å²) >= 11 is 5.88. The van der Waals surface area contributed by atoms with Crippen LogP contribution in [0.3, 0.4) is 0 Å². The lowest BCUT2D eigenvalue weighted by Crippen LogP contribution is -2.34. The Bertz CT molecular complexity index is 997. The molecule has 1 aliphatic heterocycles. The molecule has 0 unspecified atom stereocenters. The molecule has 7 heteroatoms. The molecule has 0 bridgehead atoms. The molecule has 2 aromatic rings. The average molecular weight is 433 g/mol. The van der Waals surface area contributed by atoms with Crippen LogP contribution in [0.1, 0.15) is 54.4 Å². The van der Waals surface area contributed by atoms with Gasteiger partial charge in [-0.25, -0.2) is 8.42 Å². The van der Waals surface area contributed by atoms with Crippen molar-refractivity contribution in [2.24, 2.45) is 0 Å². The van der Waals surface area contributed by atoms with Crippen molar-refractivity contribution in [1.82, 2.24) is 5.32 Å². The Labute approximate surface area is 177 Å². The molecule has 1 heterocycles. The Morgan fingerprint density at radius 1 is 1.00 bits per heavy atom. The lowest BCUT2D eigenvalue weighted by molar-refractivity contribution is 0.0933. The van der Waals surface area contributed by atoms with Gasteiger partial charge in [0.05, 0.1) is 10.6 Å². The number of hydrogen-bond acceptors (Lipinski definition) is 3. The molecule has 0 radical (unpaired) electrons. The van der Waals surface area contributed by atoms with Gasteiger partial charge in [-0.05, 0) is 67.3 Å². The Morgan fingerprint density at radius 3 is 2.38 bits per heavy atom. The third-order valence-corrected chi connectivity index (χ3v) is 7.87. The fourth-order valence-electron chi connectivity index (χ4n) is 4.19. The van der Waals surface area contributed by atoms with Crippen LogP contribution in [0.25, 0.3) is 0 Å². The number of anilines is 1. The van der Waals surface area contributed by atoms with Crippen molar-refractivity contribution in [2.75, 3.05) is 10.8 Å². The Kier molecular flexibility index (Phi) is 5.83. The number of rotatable bonds is 4. The molecule has 5 nitrogen and oxygen atoms in total. The van der Waals surface area contributed by atoms with E-state index in [9.17, 15) is 13.2 Å². The van der Waals surface area contributed by atoms with Crippen LogP contribution in [0.2, 0.25) is 5.02 Å². The van der Waals surface area contributed by atoms with E-state index in [1.807, 2.05) is 6.07 Å². The van der Waals surface area contributed by atoms with Crippen LogP contribution in [-0.4, -0.2) is 26.9 Å². The van der Waals surface area contributed by atoms with Gasteiger partial charge in [0.15, 0.2) is 0 Å². The number of hydrogen-bond donors (Lipinski definition) is 1. The molecule has 1 fully saturated rings. The number of nitrogens with one attached hydrogen (secondary N) is 1. The normalized spacial score (nSPS) is 17.6. The van der Waals surface area contributed by atoms with Crippen LogP contribution in [0.5, 0.6) is 0 Å². The lowest BCUT2D eigenvalue weighted by Gasteiger charge is -2.20. The smallest absolute Gasteiger partial charge is 0.264 e. The van der Waals surface area contributed by atoms with Crippen molar-refractivity contribution in [3.63, 3.8) is 0 Å². The van der Waals surface area contributed by atoms with E-state index in [-0.39, 0.29) is 16.8 Å². The monoisotopic (exact) mass is 432 g/mol. The summed E-state index contributed by atoms with van der Waals surface area (Å²) in [5.41, 5.74) is 2.13. The number of benzene rings is 2. The van der Waals surface area contributed by atoms with Crippen LogP contribution in [-0.2, 0) is 16.4 Å². The van der Waals surface area contributed by atoms with Crippen molar-refractivity contribution in [3.8, 4) is 0 Å². The number of carbonyl (C=O) groups is 1. The molecule has 0 atom stereocenters. The van der Waals surface area contributed by atoms with E-state index in [1.165, 1.54) is 29.3 Å². The molecule has 1 saturated carbocycles. The van der Waals surface area contributed by atoms with E-state index in [2.05, 4.69) is 5.32 Å². The summed E-state index contributed by atoms with van der Waals surface area (Å²) in [7, 11) is -3.65. The minimum absolute atomic E-state index is 0.0706. The molecular weight excluding hydrogens is 408 g/mol. The summed E-state index contributed by atoms with van der Waals surface area (Å²) in [5.74, 6) is -0.0706. The van der Waals surface area contributed by atoms with E-state index in [0.717, 1.165) is 31.2 Å². The largest absolute Gasteiger partial charge is 0.349 e. The first kappa shape index (κ1) is 20.2. The van der Waals surface area contributed by atoms with E-state index in [1.54, 1.807) is 24.3 Å². The quantitative estimate of drug-likeness (QED) is 0.721. The standard InChI is InChI=1S/C22H25ClN2O3S/c23-18-8-10-20(11-9-18)29(27,28)25-14-13-16-15-17(7-12-21(16)25)22(26)24-19-5-3-1-2-4-6-19/h7-12,15,19H,1-6,13-14H2,(H,24,26). The summed E-state index contributed by atoms with van der Waals surface area (Å²) in [5, 5.41) is 3.65. The topological polar surface area (TPSA) is 66.5 Å². The first-order chi connectivity index (χ1) is 13.9. The molecule has 2 aromatic carbocycles. The first-order valence-corrected chi connectivity index (χ1v) is 12.0. The number of halogens is 1. The predicted molar refractivity (Wildman–Crippen MR) is 115 cm³/mol. The van der Waals surface area contributed by atoms with Crippen LogP contribution >= 0.6 is 11.6 Å². The number of carbonyl (C=O) groups excluding carboxylic acids is 1. The molecule has 1 amide bonds. The van der Waals surface area contributed by atoms with Gasteiger partial charge in [-0.3, -0.25) is 9.10 Å². The maximum atomic E-state index is 13.0. The van der Waals surface area contributed by atoms with Crippen molar-refractivity contribution in [1.29, 1.82) is 0 Å². The van der Waals surface area contributed by atoms with E-state index in [4.69, 9.17) is 11.6 Å². The minimum atomic E-state index is -3.65. The van der Waals surface area contributed by atoms with Crippen LogP contribution in [0.15, 0.2) is 47.4 Å². The average Bonchev–Trinajstić information content (AvgIpc) is 2.98. The minimum Gasteiger partial charge on any atom is -0.349 e.